The van der Waals surface area contributed by atoms with Crippen LogP contribution in [0.2, 0.25) is 0 Å². The van der Waals surface area contributed by atoms with Gasteiger partial charge in [0.05, 0.1) is 0 Å². The van der Waals surface area contributed by atoms with Crippen LogP contribution < -0.4 is 20.9 Å². The Hall–Kier alpha value is -3.88. The van der Waals surface area contributed by atoms with Crippen molar-refractivity contribution in [3.63, 3.8) is 0 Å². The van der Waals surface area contributed by atoms with Crippen molar-refractivity contribution in [2.75, 3.05) is 35.2 Å². The molecular formula is C23H25N5O4. The summed E-state index contributed by atoms with van der Waals surface area (Å²) in [7, 11) is 0. The number of oxazole rings is 1. The normalized spacial score (nSPS) is 14.2. The smallest absolute Gasteiger partial charge is 0.313 e. The summed E-state index contributed by atoms with van der Waals surface area (Å²) >= 11 is 0. The van der Waals surface area contributed by atoms with E-state index >= 15 is 0 Å². The lowest BCUT2D eigenvalue weighted by Gasteiger charge is -2.30. The number of hydrogen-bond acceptors (Lipinski definition) is 6. The van der Waals surface area contributed by atoms with Gasteiger partial charge in [-0.25, -0.2) is 0 Å². The number of anilines is 3. The van der Waals surface area contributed by atoms with Gasteiger partial charge in [0, 0.05) is 37.9 Å². The maximum atomic E-state index is 12.2. The second kappa shape index (κ2) is 9.51. The largest absolute Gasteiger partial charge is 0.423 e. The van der Waals surface area contributed by atoms with E-state index in [2.05, 4.69) is 25.8 Å². The molecule has 9 nitrogen and oxygen atoms in total. The number of hydrogen-bond donors (Lipinski definition) is 3. The number of piperidine rings is 1. The lowest BCUT2D eigenvalue weighted by atomic mass is 9.97. The third-order valence-electron chi connectivity index (χ3n) is 5.37. The first-order valence-corrected chi connectivity index (χ1v) is 10.6. The first-order valence-electron chi connectivity index (χ1n) is 10.6. The van der Waals surface area contributed by atoms with Crippen molar-refractivity contribution in [1.82, 2.24) is 10.3 Å². The molecule has 0 aliphatic carbocycles. The van der Waals surface area contributed by atoms with Crippen LogP contribution in [0.25, 0.3) is 11.1 Å². The predicted octanol–water partition coefficient (Wildman–Crippen LogP) is 2.76. The van der Waals surface area contributed by atoms with E-state index in [4.69, 9.17) is 4.42 Å². The minimum absolute atomic E-state index is 0.214. The van der Waals surface area contributed by atoms with Gasteiger partial charge in [-0.05, 0) is 49.1 Å². The number of carbonyl (C=O) groups excluding carboxylic acids is 3. The minimum atomic E-state index is -0.742. The van der Waals surface area contributed by atoms with Gasteiger partial charge < -0.3 is 25.3 Å². The Morgan fingerprint density at radius 2 is 1.72 bits per heavy atom. The molecule has 0 radical (unpaired) electrons. The SMILES string of the molecule is CC(=O)Nc1cccc(NC(=O)C(=O)NCC2CCN(c3nc4ccccc4o3)CC2)c1. The van der Waals surface area contributed by atoms with Crippen molar-refractivity contribution in [3.8, 4) is 0 Å². The Balaban J connectivity index is 1.23. The van der Waals surface area contributed by atoms with Gasteiger partial charge in [-0.15, -0.1) is 0 Å². The van der Waals surface area contributed by atoms with E-state index in [0.717, 1.165) is 37.0 Å². The summed E-state index contributed by atoms with van der Waals surface area (Å²) in [6.07, 6.45) is 1.72. The summed E-state index contributed by atoms with van der Waals surface area (Å²) in [6, 6.07) is 14.9. The van der Waals surface area contributed by atoms with Gasteiger partial charge in [0.15, 0.2) is 5.58 Å². The van der Waals surface area contributed by atoms with Gasteiger partial charge >= 0.3 is 11.8 Å². The van der Waals surface area contributed by atoms with Gasteiger partial charge in [0.1, 0.15) is 5.52 Å². The zero-order chi connectivity index (χ0) is 22.5. The first kappa shape index (κ1) is 21.4. The third-order valence-corrected chi connectivity index (χ3v) is 5.37. The van der Waals surface area contributed by atoms with Crippen molar-refractivity contribution >= 4 is 46.2 Å². The maximum Gasteiger partial charge on any atom is 0.313 e. The first-order chi connectivity index (χ1) is 15.5. The minimum Gasteiger partial charge on any atom is -0.423 e. The fourth-order valence-electron chi connectivity index (χ4n) is 3.71. The van der Waals surface area contributed by atoms with Crippen LogP contribution >= 0.6 is 0 Å². The quantitative estimate of drug-likeness (QED) is 0.531. The maximum absolute atomic E-state index is 12.2. The molecule has 2 heterocycles. The van der Waals surface area contributed by atoms with Crippen molar-refractivity contribution in [2.45, 2.75) is 19.8 Å². The fraction of sp³-hybridized carbons (Fsp3) is 0.304. The lowest BCUT2D eigenvalue weighted by Crippen LogP contribution is -2.41. The second-order valence-corrected chi connectivity index (χ2v) is 7.82. The molecule has 9 heteroatoms. The number of carbonyl (C=O) groups is 3. The van der Waals surface area contributed by atoms with Crippen LogP contribution in [0.4, 0.5) is 17.4 Å². The highest BCUT2D eigenvalue weighted by molar-refractivity contribution is 6.39. The summed E-state index contributed by atoms with van der Waals surface area (Å²) < 4.78 is 5.83. The Bertz CT molecular complexity index is 1100. The average molecular weight is 435 g/mol. The molecule has 0 bridgehead atoms. The van der Waals surface area contributed by atoms with Gasteiger partial charge in [-0.2, -0.15) is 4.98 Å². The van der Waals surface area contributed by atoms with E-state index in [0.29, 0.717) is 23.9 Å². The highest BCUT2D eigenvalue weighted by atomic mass is 16.4. The van der Waals surface area contributed by atoms with E-state index < -0.39 is 11.8 Å². The van der Waals surface area contributed by atoms with Crippen LogP contribution in [-0.2, 0) is 14.4 Å². The molecule has 1 fully saturated rings. The summed E-state index contributed by atoms with van der Waals surface area (Å²) in [5, 5.41) is 7.90. The Labute approximate surface area is 185 Å². The van der Waals surface area contributed by atoms with Gasteiger partial charge in [0.25, 0.3) is 6.01 Å². The number of para-hydroxylation sites is 2. The third kappa shape index (κ3) is 5.23. The molecular weight excluding hydrogens is 410 g/mol. The van der Waals surface area contributed by atoms with E-state index in [9.17, 15) is 14.4 Å². The molecule has 1 saturated heterocycles. The Kier molecular flexibility index (Phi) is 6.34. The van der Waals surface area contributed by atoms with Crippen molar-refractivity contribution in [1.29, 1.82) is 0 Å². The molecule has 3 amide bonds. The average Bonchev–Trinajstić information content (AvgIpc) is 3.22. The molecule has 1 aromatic heterocycles. The molecule has 0 atom stereocenters. The highest BCUT2D eigenvalue weighted by Crippen LogP contribution is 2.26. The van der Waals surface area contributed by atoms with Crippen molar-refractivity contribution in [2.24, 2.45) is 5.92 Å². The van der Waals surface area contributed by atoms with Crippen LogP contribution in [0.3, 0.4) is 0 Å². The number of fused-ring (bicyclic) bond motifs is 1. The molecule has 1 aliphatic heterocycles. The number of aromatic nitrogens is 1. The predicted molar refractivity (Wildman–Crippen MR) is 121 cm³/mol. The number of benzene rings is 2. The van der Waals surface area contributed by atoms with Crippen molar-refractivity contribution < 1.29 is 18.8 Å². The van der Waals surface area contributed by atoms with Gasteiger partial charge in [0.2, 0.25) is 5.91 Å². The molecule has 3 N–H and O–H groups in total. The molecule has 32 heavy (non-hydrogen) atoms. The molecule has 3 aromatic rings. The summed E-state index contributed by atoms with van der Waals surface area (Å²) in [6.45, 7) is 3.38. The summed E-state index contributed by atoms with van der Waals surface area (Å²) in [5.41, 5.74) is 2.58. The second-order valence-electron chi connectivity index (χ2n) is 7.82. The van der Waals surface area contributed by atoms with Gasteiger partial charge in [-0.3, -0.25) is 14.4 Å². The molecule has 4 rings (SSSR count). The highest BCUT2D eigenvalue weighted by Gasteiger charge is 2.24. The molecule has 0 spiro atoms. The summed E-state index contributed by atoms with van der Waals surface area (Å²) in [4.78, 5) is 42.2. The number of nitrogens with zero attached hydrogens (tertiary/aromatic N) is 2. The molecule has 0 unspecified atom stereocenters. The molecule has 1 aliphatic rings. The van der Waals surface area contributed by atoms with Gasteiger partial charge in [-0.1, -0.05) is 18.2 Å². The van der Waals surface area contributed by atoms with E-state index in [-0.39, 0.29) is 11.8 Å². The number of nitrogens with one attached hydrogen (secondary N) is 3. The van der Waals surface area contributed by atoms with E-state index in [1.54, 1.807) is 24.3 Å². The lowest BCUT2D eigenvalue weighted by molar-refractivity contribution is -0.136. The van der Waals surface area contributed by atoms with Crippen LogP contribution in [0.15, 0.2) is 52.9 Å². The van der Waals surface area contributed by atoms with E-state index in [1.165, 1.54) is 6.92 Å². The number of amides is 3. The van der Waals surface area contributed by atoms with Crippen molar-refractivity contribution in [3.05, 3.63) is 48.5 Å². The zero-order valence-electron chi connectivity index (χ0n) is 17.8. The Morgan fingerprint density at radius 1 is 1.00 bits per heavy atom. The Morgan fingerprint density at radius 3 is 2.44 bits per heavy atom. The topological polar surface area (TPSA) is 117 Å². The zero-order valence-corrected chi connectivity index (χ0v) is 17.8. The van der Waals surface area contributed by atoms with Crippen LogP contribution in [0, 0.1) is 5.92 Å². The number of rotatable bonds is 5. The molecule has 2 aromatic carbocycles. The summed E-state index contributed by atoms with van der Waals surface area (Å²) in [5.74, 6) is -1.37. The monoisotopic (exact) mass is 435 g/mol. The standard InChI is InChI=1S/C23H25N5O4/c1-15(29)25-17-5-4-6-18(13-17)26-22(31)21(30)24-14-16-9-11-28(12-10-16)23-27-19-7-2-3-8-20(19)32-23/h2-8,13,16H,9-12,14H2,1H3,(H,24,30)(H,25,29)(H,26,31). The molecule has 0 saturated carbocycles. The molecule has 166 valence electrons. The van der Waals surface area contributed by atoms with Crippen LogP contribution in [0.1, 0.15) is 19.8 Å². The fourth-order valence-corrected chi connectivity index (χ4v) is 3.71. The van der Waals surface area contributed by atoms with E-state index in [1.807, 2.05) is 24.3 Å². The van der Waals surface area contributed by atoms with Crippen LogP contribution in [-0.4, -0.2) is 42.3 Å². The van der Waals surface area contributed by atoms with Crippen LogP contribution in [0.5, 0.6) is 0 Å².